The van der Waals surface area contributed by atoms with Crippen LogP contribution in [0.5, 0.6) is 0 Å². The number of carbonyl (C=O) groups excluding carboxylic acids is 2. The van der Waals surface area contributed by atoms with Crippen LogP contribution in [0.15, 0.2) is 66.7 Å². The van der Waals surface area contributed by atoms with Crippen molar-refractivity contribution in [2.24, 2.45) is 0 Å². The summed E-state index contributed by atoms with van der Waals surface area (Å²) >= 11 is 0. The van der Waals surface area contributed by atoms with Gasteiger partial charge in [0, 0.05) is 11.7 Å². The number of β-lactam (4-membered cyclic amide) rings is 1. The maximum absolute atomic E-state index is 13.4. The lowest BCUT2D eigenvalue weighted by molar-refractivity contribution is -0.137. The summed E-state index contributed by atoms with van der Waals surface area (Å²) in [6.45, 7) is 0. The Morgan fingerprint density at radius 2 is 1.61 bits per heavy atom. The van der Waals surface area contributed by atoms with Crippen LogP contribution < -0.4 is 10.2 Å². The van der Waals surface area contributed by atoms with Gasteiger partial charge in [0.2, 0.25) is 5.91 Å². The van der Waals surface area contributed by atoms with E-state index in [0.717, 1.165) is 36.9 Å². The Kier molecular flexibility index (Phi) is 5.29. The molecule has 2 aromatic rings. The molecule has 2 aliphatic rings. The summed E-state index contributed by atoms with van der Waals surface area (Å²) < 4.78 is 0. The zero-order chi connectivity index (χ0) is 19.4. The van der Waals surface area contributed by atoms with Gasteiger partial charge in [-0.3, -0.25) is 14.5 Å². The van der Waals surface area contributed by atoms with E-state index in [1.807, 2.05) is 72.8 Å². The van der Waals surface area contributed by atoms with E-state index in [4.69, 9.17) is 0 Å². The molecule has 1 aliphatic heterocycles. The van der Waals surface area contributed by atoms with Crippen molar-refractivity contribution in [1.82, 2.24) is 5.32 Å². The lowest BCUT2D eigenvalue weighted by atomic mass is 9.80. The molecular formula is C24H26N2O2. The Hall–Kier alpha value is -2.88. The minimum atomic E-state index is -0.967. The summed E-state index contributed by atoms with van der Waals surface area (Å²) in [5, 5.41) is 3.23. The van der Waals surface area contributed by atoms with Gasteiger partial charge in [0.1, 0.15) is 0 Å². The molecule has 0 spiro atoms. The highest BCUT2D eigenvalue weighted by Crippen LogP contribution is 2.39. The van der Waals surface area contributed by atoms with Crippen molar-refractivity contribution in [3.8, 4) is 0 Å². The summed E-state index contributed by atoms with van der Waals surface area (Å²) in [7, 11) is 0. The number of amides is 2. The first-order valence-corrected chi connectivity index (χ1v) is 10.1. The summed E-state index contributed by atoms with van der Waals surface area (Å²) in [6, 6.07) is 19.6. The first kappa shape index (κ1) is 18.5. The fourth-order valence-corrected chi connectivity index (χ4v) is 4.22. The van der Waals surface area contributed by atoms with Crippen molar-refractivity contribution in [3.63, 3.8) is 0 Å². The zero-order valence-corrected chi connectivity index (χ0v) is 16.0. The van der Waals surface area contributed by atoms with Crippen molar-refractivity contribution in [3.05, 3.63) is 72.3 Å². The number of benzene rings is 2. The molecule has 4 heteroatoms. The van der Waals surface area contributed by atoms with Crippen LogP contribution in [-0.4, -0.2) is 23.4 Å². The number of hydrogen-bond donors (Lipinski definition) is 1. The predicted molar refractivity (Wildman–Crippen MR) is 112 cm³/mol. The first-order valence-electron chi connectivity index (χ1n) is 10.1. The predicted octanol–water partition coefficient (Wildman–Crippen LogP) is 4.32. The van der Waals surface area contributed by atoms with E-state index < -0.39 is 5.54 Å². The highest BCUT2D eigenvalue weighted by molar-refractivity contribution is 6.15. The van der Waals surface area contributed by atoms with E-state index >= 15 is 0 Å². The van der Waals surface area contributed by atoms with Gasteiger partial charge in [-0.15, -0.1) is 0 Å². The van der Waals surface area contributed by atoms with Gasteiger partial charge in [0.15, 0.2) is 5.54 Å². The monoisotopic (exact) mass is 374 g/mol. The van der Waals surface area contributed by atoms with Gasteiger partial charge in [0.25, 0.3) is 5.91 Å². The van der Waals surface area contributed by atoms with Crippen LogP contribution in [-0.2, 0) is 9.59 Å². The van der Waals surface area contributed by atoms with Crippen LogP contribution in [0, 0.1) is 0 Å². The Bertz CT molecular complexity index is 857. The molecule has 4 rings (SSSR count). The average molecular weight is 374 g/mol. The number of nitrogens with one attached hydrogen (secondary N) is 1. The van der Waals surface area contributed by atoms with Gasteiger partial charge in [-0.25, -0.2) is 0 Å². The van der Waals surface area contributed by atoms with Crippen LogP contribution >= 0.6 is 0 Å². The first-order chi connectivity index (χ1) is 13.7. The number of nitrogens with zero attached hydrogens (tertiary/aromatic N) is 1. The Labute approximate surface area is 166 Å². The van der Waals surface area contributed by atoms with E-state index in [0.29, 0.717) is 0 Å². The van der Waals surface area contributed by atoms with E-state index in [9.17, 15) is 9.59 Å². The van der Waals surface area contributed by atoms with Crippen molar-refractivity contribution < 1.29 is 9.59 Å². The molecule has 4 nitrogen and oxygen atoms in total. The molecule has 0 bridgehead atoms. The minimum Gasteiger partial charge on any atom is -0.351 e. The molecule has 1 heterocycles. The van der Waals surface area contributed by atoms with Gasteiger partial charge in [0.05, 0.1) is 6.42 Å². The second kappa shape index (κ2) is 8.01. The van der Waals surface area contributed by atoms with Crippen LogP contribution in [0.25, 0.3) is 6.08 Å². The number of anilines is 1. The number of rotatable bonds is 5. The zero-order valence-electron chi connectivity index (χ0n) is 16.0. The molecule has 2 fully saturated rings. The smallest absolute Gasteiger partial charge is 0.251 e. The fourth-order valence-electron chi connectivity index (χ4n) is 4.22. The molecule has 1 unspecified atom stereocenters. The number of hydrogen-bond acceptors (Lipinski definition) is 2. The molecule has 144 valence electrons. The lowest BCUT2D eigenvalue weighted by Gasteiger charge is -2.49. The maximum atomic E-state index is 13.4. The molecule has 0 aromatic heterocycles. The molecule has 1 aliphatic carbocycles. The maximum Gasteiger partial charge on any atom is 0.251 e. The van der Waals surface area contributed by atoms with E-state index in [1.165, 1.54) is 6.42 Å². The third-order valence-electron chi connectivity index (χ3n) is 5.77. The summed E-state index contributed by atoms with van der Waals surface area (Å²) in [5.74, 6) is -0.0993. The second-order valence-corrected chi connectivity index (χ2v) is 7.72. The van der Waals surface area contributed by atoms with Gasteiger partial charge >= 0.3 is 0 Å². The molecule has 1 saturated heterocycles. The van der Waals surface area contributed by atoms with E-state index in [1.54, 1.807) is 4.90 Å². The fraction of sp³-hybridized carbons (Fsp3) is 0.333. The molecule has 0 radical (unpaired) electrons. The summed E-state index contributed by atoms with van der Waals surface area (Å²) in [5.41, 5.74) is 0.807. The molecule has 28 heavy (non-hydrogen) atoms. The van der Waals surface area contributed by atoms with Gasteiger partial charge < -0.3 is 5.32 Å². The Morgan fingerprint density at radius 3 is 2.25 bits per heavy atom. The molecular weight excluding hydrogens is 348 g/mol. The molecule has 1 saturated carbocycles. The summed E-state index contributed by atoms with van der Waals surface area (Å²) in [6.07, 6.45) is 9.62. The van der Waals surface area contributed by atoms with E-state index in [2.05, 4.69) is 5.32 Å². The summed E-state index contributed by atoms with van der Waals surface area (Å²) in [4.78, 5) is 27.6. The highest BCUT2D eigenvalue weighted by atomic mass is 16.2. The third-order valence-corrected chi connectivity index (χ3v) is 5.77. The highest BCUT2D eigenvalue weighted by Gasteiger charge is 2.55. The lowest BCUT2D eigenvalue weighted by Crippen LogP contribution is -2.70. The normalized spacial score (nSPS) is 22.9. The van der Waals surface area contributed by atoms with Crippen molar-refractivity contribution in [2.75, 3.05) is 4.90 Å². The molecule has 2 amide bonds. The van der Waals surface area contributed by atoms with Crippen LogP contribution in [0.1, 0.15) is 44.1 Å². The van der Waals surface area contributed by atoms with Crippen molar-refractivity contribution in [2.45, 2.75) is 50.1 Å². The minimum absolute atomic E-state index is 0.0253. The van der Waals surface area contributed by atoms with Crippen LogP contribution in [0.4, 0.5) is 5.69 Å². The topological polar surface area (TPSA) is 49.4 Å². The number of para-hydroxylation sites is 1. The standard InChI is InChI=1S/C24H26N2O2/c27-22-18-24(17-16-19-10-4-1-5-11-19,26(22)21-14-8-3-9-15-21)23(28)25-20-12-6-2-7-13-20/h1,3-5,8-11,14-17,20H,2,6-7,12-13,18H2,(H,25,28)/b17-16+. The van der Waals surface area contributed by atoms with Crippen molar-refractivity contribution in [1.29, 1.82) is 0 Å². The van der Waals surface area contributed by atoms with Gasteiger partial charge in [-0.1, -0.05) is 73.9 Å². The van der Waals surface area contributed by atoms with Crippen molar-refractivity contribution >= 4 is 23.6 Å². The third kappa shape index (κ3) is 3.59. The van der Waals surface area contributed by atoms with E-state index in [-0.39, 0.29) is 24.3 Å². The van der Waals surface area contributed by atoms with Gasteiger partial charge in [-0.05, 0) is 36.6 Å². The average Bonchev–Trinajstić information content (AvgIpc) is 2.73. The second-order valence-electron chi connectivity index (χ2n) is 7.72. The van der Waals surface area contributed by atoms with Gasteiger partial charge in [-0.2, -0.15) is 0 Å². The Balaban J connectivity index is 1.65. The number of carbonyl (C=O) groups is 2. The Morgan fingerprint density at radius 1 is 0.964 bits per heavy atom. The molecule has 2 aromatic carbocycles. The molecule has 1 N–H and O–H groups in total. The quantitative estimate of drug-likeness (QED) is 0.792. The largest absolute Gasteiger partial charge is 0.351 e. The van der Waals surface area contributed by atoms with Crippen LogP contribution in [0.3, 0.4) is 0 Å². The van der Waals surface area contributed by atoms with Crippen LogP contribution in [0.2, 0.25) is 0 Å². The SMILES string of the molecule is O=C1CC(/C=C/c2ccccc2)(C(=O)NC2CCCCC2)N1c1ccccc1. The molecule has 1 atom stereocenters.